The predicted octanol–water partition coefficient (Wildman–Crippen LogP) is 2.60. The van der Waals surface area contributed by atoms with Crippen molar-refractivity contribution in [2.45, 2.75) is 20.5 Å². The Bertz CT molecular complexity index is 587. The molecule has 0 bridgehead atoms. The number of hydrogen-bond donors (Lipinski definition) is 1. The minimum atomic E-state index is 0.0398. The van der Waals surface area contributed by atoms with Crippen molar-refractivity contribution < 1.29 is 14.6 Å². The Morgan fingerprint density at radius 2 is 1.84 bits per heavy atom. The van der Waals surface area contributed by atoms with Crippen molar-refractivity contribution in [3.8, 4) is 17.2 Å². The van der Waals surface area contributed by atoms with Crippen LogP contribution in [0.25, 0.3) is 5.69 Å². The van der Waals surface area contributed by atoms with Crippen molar-refractivity contribution in [2.75, 3.05) is 14.2 Å². The number of hydrogen-bond acceptors (Lipinski definition) is 3. The Hall–Kier alpha value is -1.94. The summed E-state index contributed by atoms with van der Waals surface area (Å²) in [6, 6.07) is 7.69. The van der Waals surface area contributed by atoms with Crippen molar-refractivity contribution in [1.29, 1.82) is 0 Å². The molecule has 19 heavy (non-hydrogen) atoms. The number of nitrogens with zero attached hydrogens (tertiary/aromatic N) is 1. The molecule has 102 valence electrons. The number of aliphatic hydroxyl groups excluding tert-OH is 1. The number of benzene rings is 1. The van der Waals surface area contributed by atoms with Crippen LogP contribution in [0.2, 0.25) is 0 Å². The molecule has 2 aromatic rings. The standard InChI is InChI=1S/C15H19NO3/c1-10-7-12(9-17)11(2)16(10)14-6-5-13(18-3)8-15(14)19-4/h5-8,17H,9H2,1-4H3. The van der Waals surface area contributed by atoms with Crippen LogP contribution in [0.15, 0.2) is 24.3 Å². The summed E-state index contributed by atoms with van der Waals surface area (Å²) >= 11 is 0. The van der Waals surface area contributed by atoms with E-state index in [9.17, 15) is 5.11 Å². The zero-order valence-electron chi connectivity index (χ0n) is 11.7. The lowest BCUT2D eigenvalue weighted by molar-refractivity contribution is 0.281. The van der Waals surface area contributed by atoms with Crippen LogP contribution in [-0.2, 0) is 6.61 Å². The Morgan fingerprint density at radius 3 is 2.37 bits per heavy atom. The molecule has 4 nitrogen and oxygen atoms in total. The fourth-order valence-corrected chi connectivity index (χ4v) is 2.33. The van der Waals surface area contributed by atoms with E-state index in [0.29, 0.717) is 0 Å². The molecule has 0 aliphatic carbocycles. The van der Waals surface area contributed by atoms with Gasteiger partial charge in [0, 0.05) is 17.5 Å². The summed E-state index contributed by atoms with van der Waals surface area (Å²) in [7, 11) is 3.27. The number of ether oxygens (including phenoxy) is 2. The lowest BCUT2D eigenvalue weighted by Gasteiger charge is -2.15. The van der Waals surface area contributed by atoms with Gasteiger partial charge >= 0.3 is 0 Å². The highest BCUT2D eigenvalue weighted by Gasteiger charge is 2.14. The van der Waals surface area contributed by atoms with Crippen LogP contribution in [0, 0.1) is 13.8 Å². The van der Waals surface area contributed by atoms with Gasteiger partial charge in [-0.1, -0.05) is 0 Å². The smallest absolute Gasteiger partial charge is 0.146 e. The van der Waals surface area contributed by atoms with Crippen molar-refractivity contribution in [3.05, 3.63) is 41.2 Å². The highest BCUT2D eigenvalue weighted by atomic mass is 16.5. The van der Waals surface area contributed by atoms with Crippen LogP contribution in [-0.4, -0.2) is 23.9 Å². The van der Waals surface area contributed by atoms with Crippen LogP contribution in [0.4, 0.5) is 0 Å². The Morgan fingerprint density at radius 1 is 1.11 bits per heavy atom. The molecule has 0 unspecified atom stereocenters. The van der Waals surface area contributed by atoms with E-state index in [1.165, 1.54) is 0 Å². The zero-order valence-corrected chi connectivity index (χ0v) is 11.7. The Labute approximate surface area is 113 Å². The molecule has 1 heterocycles. The van der Waals surface area contributed by atoms with Crippen molar-refractivity contribution in [2.24, 2.45) is 0 Å². The quantitative estimate of drug-likeness (QED) is 0.920. The molecule has 0 saturated heterocycles. The second-order valence-electron chi connectivity index (χ2n) is 4.43. The Kier molecular flexibility index (Phi) is 3.81. The highest BCUT2D eigenvalue weighted by molar-refractivity contribution is 5.54. The maximum Gasteiger partial charge on any atom is 0.146 e. The predicted molar refractivity (Wildman–Crippen MR) is 74.3 cm³/mol. The SMILES string of the molecule is COc1ccc(-n2c(C)cc(CO)c2C)c(OC)c1. The molecule has 0 atom stereocenters. The monoisotopic (exact) mass is 261 g/mol. The van der Waals surface area contributed by atoms with Gasteiger partial charge in [-0.15, -0.1) is 0 Å². The minimum Gasteiger partial charge on any atom is -0.497 e. The molecule has 0 aliphatic heterocycles. The van der Waals surface area contributed by atoms with Crippen LogP contribution in [0.3, 0.4) is 0 Å². The molecule has 1 N–H and O–H groups in total. The zero-order chi connectivity index (χ0) is 14.0. The van der Waals surface area contributed by atoms with E-state index in [1.54, 1.807) is 14.2 Å². The molecular weight excluding hydrogens is 242 g/mol. The first-order valence-electron chi connectivity index (χ1n) is 6.13. The molecule has 0 saturated carbocycles. The first kappa shape index (κ1) is 13.5. The van der Waals surface area contributed by atoms with Crippen molar-refractivity contribution in [1.82, 2.24) is 4.57 Å². The van der Waals surface area contributed by atoms with E-state index in [1.807, 2.05) is 38.1 Å². The third-order valence-corrected chi connectivity index (χ3v) is 3.33. The van der Waals surface area contributed by atoms with Crippen molar-refractivity contribution in [3.63, 3.8) is 0 Å². The number of methoxy groups -OCH3 is 2. The van der Waals surface area contributed by atoms with Crippen molar-refractivity contribution >= 4 is 0 Å². The lowest BCUT2D eigenvalue weighted by Crippen LogP contribution is -2.02. The third-order valence-electron chi connectivity index (χ3n) is 3.33. The molecule has 1 aromatic carbocycles. The van der Waals surface area contributed by atoms with E-state index in [4.69, 9.17) is 9.47 Å². The number of rotatable bonds is 4. The molecule has 0 fully saturated rings. The summed E-state index contributed by atoms with van der Waals surface area (Å²) in [5.74, 6) is 1.50. The molecule has 0 amide bonds. The number of aromatic nitrogens is 1. The van der Waals surface area contributed by atoms with Gasteiger partial charge in [0.1, 0.15) is 11.5 Å². The molecule has 0 spiro atoms. The second kappa shape index (κ2) is 5.36. The topological polar surface area (TPSA) is 43.6 Å². The molecule has 0 aliphatic rings. The van der Waals surface area contributed by atoms with Gasteiger partial charge in [0.05, 0.1) is 26.5 Å². The number of aliphatic hydroxyl groups is 1. The first-order chi connectivity index (χ1) is 9.12. The summed E-state index contributed by atoms with van der Waals surface area (Å²) in [6.07, 6.45) is 0. The van der Waals surface area contributed by atoms with E-state index >= 15 is 0 Å². The van der Waals surface area contributed by atoms with Crippen LogP contribution >= 0.6 is 0 Å². The van der Waals surface area contributed by atoms with E-state index in [0.717, 1.165) is 34.1 Å². The molecule has 2 rings (SSSR count). The summed E-state index contributed by atoms with van der Waals surface area (Å²) in [6.45, 7) is 4.04. The van der Waals surface area contributed by atoms with E-state index in [2.05, 4.69) is 4.57 Å². The van der Waals surface area contributed by atoms with Crippen LogP contribution in [0.1, 0.15) is 17.0 Å². The first-order valence-corrected chi connectivity index (χ1v) is 6.13. The molecule has 4 heteroatoms. The van der Waals surface area contributed by atoms with Crippen LogP contribution < -0.4 is 9.47 Å². The van der Waals surface area contributed by atoms with Gasteiger partial charge in [-0.2, -0.15) is 0 Å². The maximum absolute atomic E-state index is 9.35. The van der Waals surface area contributed by atoms with Gasteiger partial charge in [0.15, 0.2) is 0 Å². The normalized spacial score (nSPS) is 10.6. The summed E-state index contributed by atoms with van der Waals surface area (Å²) in [4.78, 5) is 0. The van der Waals surface area contributed by atoms with Gasteiger partial charge in [0.25, 0.3) is 0 Å². The minimum absolute atomic E-state index is 0.0398. The van der Waals surface area contributed by atoms with Crippen LogP contribution in [0.5, 0.6) is 11.5 Å². The summed E-state index contributed by atoms with van der Waals surface area (Å²) < 4.78 is 12.7. The summed E-state index contributed by atoms with van der Waals surface area (Å²) in [5.41, 5.74) is 3.95. The van der Waals surface area contributed by atoms with E-state index in [-0.39, 0.29) is 6.61 Å². The lowest BCUT2D eigenvalue weighted by atomic mass is 10.2. The Balaban J connectivity index is 2.61. The molecule has 1 aromatic heterocycles. The average molecular weight is 261 g/mol. The largest absolute Gasteiger partial charge is 0.497 e. The highest BCUT2D eigenvalue weighted by Crippen LogP contribution is 2.31. The van der Waals surface area contributed by atoms with Gasteiger partial charge < -0.3 is 19.1 Å². The van der Waals surface area contributed by atoms with Gasteiger partial charge in [-0.05, 0) is 37.6 Å². The molecule has 0 radical (unpaired) electrons. The average Bonchev–Trinajstić information content (AvgIpc) is 2.72. The fraction of sp³-hybridized carbons (Fsp3) is 0.333. The maximum atomic E-state index is 9.35. The third kappa shape index (κ3) is 2.31. The van der Waals surface area contributed by atoms with Gasteiger partial charge in [-0.3, -0.25) is 0 Å². The second-order valence-corrected chi connectivity index (χ2v) is 4.43. The van der Waals surface area contributed by atoms with Gasteiger partial charge in [-0.25, -0.2) is 0 Å². The van der Waals surface area contributed by atoms with E-state index < -0.39 is 0 Å². The summed E-state index contributed by atoms with van der Waals surface area (Å²) in [5, 5.41) is 9.35. The molecular formula is C15H19NO3. The fourth-order valence-electron chi connectivity index (χ4n) is 2.33. The number of aryl methyl sites for hydroxylation is 1. The van der Waals surface area contributed by atoms with Gasteiger partial charge in [0.2, 0.25) is 0 Å².